The van der Waals surface area contributed by atoms with Crippen LogP contribution < -0.4 is 0 Å². The smallest absolute Gasteiger partial charge is 0.227 e. The molecule has 218 valence electrons. The summed E-state index contributed by atoms with van der Waals surface area (Å²) in [5.74, 6) is 2.49. The average molecular weight is 593 g/mol. The van der Waals surface area contributed by atoms with Crippen molar-refractivity contribution < 1.29 is 4.42 Å². The number of hydrogen-bond acceptors (Lipinski definition) is 5. The van der Waals surface area contributed by atoms with Crippen LogP contribution in [0.25, 0.3) is 78.6 Å². The third kappa shape index (κ3) is 4.02. The molecule has 0 saturated heterocycles. The quantitative estimate of drug-likeness (QED) is 0.203. The highest BCUT2D eigenvalue weighted by Gasteiger charge is 2.38. The van der Waals surface area contributed by atoms with Gasteiger partial charge in [0.2, 0.25) is 5.89 Å². The fourth-order valence-electron chi connectivity index (χ4n) is 6.88. The molecule has 0 bridgehead atoms. The Morgan fingerprint density at radius 2 is 1.07 bits per heavy atom. The number of fused-ring (bicyclic) bond motifs is 7. The Balaban J connectivity index is 1.39. The largest absolute Gasteiger partial charge is 0.435 e. The van der Waals surface area contributed by atoms with Crippen molar-refractivity contribution in [2.24, 2.45) is 0 Å². The summed E-state index contributed by atoms with van der Waals surface area (Å²) < 4.78 is 6.69. The summed E-state index contributed by atoms with van der Waals surface area (Å²) in [4.78, 5) is 20.2. The summed E-state index contributed by atoms with van der Waals surface area (Å²) in [6.45, 7) is 4.59. The van der Waals surface area contributed by atoms with Gasteiger partial charge in [0.15, 0.2) is 23.1 Å². The third-order valence-corrected chi connectivity index (χ3v) is 9.16. The fourth-order valence-corrected chi connectivity index (χ4v) is 6.88. The van der Waals surface area contributed by atoms with Gasteiger partial charge < -0.3 is 4.42 Å². The molecular formula is C41H28N4O. The molecule has 0 atom stereocenters. The second-order valence-corrected chi connectivity index (χ2v) is 12.3. The van der Waals surface area contributed by atoms with Gasteiger partial charge in [0.1, 0.15) is 5.52 Å². The van der Waals surface area contributed by atoms with Gasteiger partial charge in [-0.15, -0.1) is 0 Å². The minimum atomic E-state index is -0.253. The molecule has 5 heteroatoms. The lowest BCUT2D eigenvalue weighted by molar-refractivity contribution is 0.623. The van der Waals surface area contributed by atoms with E-state index in [1.54, 1.807) is 0 Å². The van der Waals surface area contributed by atoms with Gasteiger partial charge in [-0.2, -0.15) is 0 Å². The Morgan fingerprint density at radius 3 is 1.72 bits per heavy atom. The number of nitrogens with zero attached hydrogens (tertiary/aromatic N) is 4. The van der Waals surface area contributed by atoms with Crippen LogP contribution >= 0.6 is 0 Å². The molecule has 9 rings (SSSR count). The van der Waals surface area contributed by atoms with Crippen molar-refractivity contribution in [3.8, 4) is 56.7 Å². The van der Waals surface area contributed by atoms with E-state index in [0.717, 1.165) is 44.1 Å². The Kier molecular flexibility index (Phi) is 5.78. The molecule has 0 aliphatic heterocycles. The number of hydrogen-bond donors (Lipinski definition) is 0. The minimum Gasteiger partial charge on any atom is -0.435 e. The SMILES string of the molecule is CC1(C)c2ccccc2-c2c1cc(-c1nc(-c3ccccc3)nc(-c3ccccc3)n1)c1ccc3nc(-c4ccccc4)oc3c21. The molecule has 0 radical (unpaired) electrons. The van der Waals surface area contributed by atoms with Gasteiger partial charge in [-0.25, -0.2) is 19.9 Å². The standard InChI is InChI=1S/C41H28N4O/c1-41(2)31-21-13-12-20-29(31)34-32(41)24-30(28-22-23-33-36(35(28)34)46-40(42-33)27-18-10-5-11-19-27)39-44-37(25-14-6-3-7-15-25)43-38(45-39)26-16-8-4-9-17-26/h3-24H,1-2H3. The van der Waals surface area contributed by atoms with Crippen LogP contribution in [0.1, 0.15) is 25.0 Å². The highest BCUT2D eigenvalue weighted by atomic mass is 16.3. The first kappa shape index (κ1) is 26.5. The molecule has 0 amide bonds. The van der Waals surface area contributed by atoms with Crippen LogP contribution in [0.4, 0.5) is 0 Å². The van der Waals surface area contributed by atoms with Gasteiger partial charge in [0.25, 0.3) is 0 Å². The molecule has 2 heterocycles. The van der Waals surface area contributed by atoms with Gasteiger partial charge in [0, 0.05) is 33.1 Å². The van der Waals surface area contributed by atoms with E-state index < -0.39 is 0 Å². The van der Waals surface area contributed by atoms with E-state index in [1.165, 1.54) is 22.3 Å². The van der Waals surface area contributed by atoms with Crippen LogP contribution in [-0.4, -0.2) is 19.9 Å². The molecule has 5 nitrogen and oxygen atoms in total. The van der Waals surface area contributed by atoms with E-state index in [0.29, 0.717) is 23.4 Å². The van der Waals surface area contributed by atoms with Gasteiger partial charge in [-0.05, 0) is 51.9 Å². The van der Waals surface area contributed by atoms with Crippen molar-refractivity contribution in [1.29, 1.82) is 0 Å². The van der Waals surface area contributed by atoms with E-state index in [-0.39, 0.29) is 5.41 Å². The minimum absolute atomic E-state index is 0.253. The predicted molar refractivity (Wildman–Crippen MR) is 184 cm³/mol. The van der Waals surface area contributed by atoms with Gasteiger partial charge in [0.05, 0.1) is 0 Å². The lowest BCUT2D eigenvalue weighted by Crippen LogP contribution is -2.15. The number of aromatic nitrogens is 4. The van der Waals surface area contributed by atoms with Crippen molar-refractivity contribution >= 4 is 21.9 Å². The Bertz CT molecular complexity index is 2370. The highest BCUT2D eigenvalue weighted by Crippen LogP contribution is 2.54. The molecule has 0 fully saturated rings. The monoisotopic (exact) mass is 592 g/mol. The van der Waals surface area contributed by atoms with Crippen LogP contribution in [0.5, 0.6) is 0 Å². The lowest BCUT2D eigenvalue weighted by Gasteiger charge is -2.22. The molecule has 0 spiro atoms. The van der Waals surface area contributed by atoms with Crippen LogP contribution in [-0.2, 0) is 5.41 Å². The molecule has 8 aromatic rings. The van der Waals surface area contributed by atoms with E-state index in [1.807, 2.05) is 97.1 Å². The molecule has 1 aliphatic rings. The first-order valence-electron chi connectivity index (χ1n) is 15.5. The summed E-state index contributed by atoms with van der Waals surface area (Å²) in [5.41, 5.74) is 9.98. The van der Waals surface area contributed by atoms with E-state index >= 15 is 0 Å². The summed E-state index contributed by atoms with van der Waals surface area (Å²) in [7, 11) is 0. The average Bonchev–Trinajstić information content (AvgIpc) is 3.66. The zero-order valence-corrected chi connectivity index (χ0v) is 25.4. The van der Waals surface area contributed by atoms with Gasteiger partial charge in [-0.1, -0.05) is 123 Å². The number of benzene rings is 6. The first-order chi connectivity index (χ1) is 22.6. The number of oxazole rings is 1. The van der Waals surface area contributed by atoms with Crippen LogP contribution in [0.2, 0.25) is 0 Å². The number of rotatable bonds is 4. The normalized spacial score (nSPS) is 13.2. The summed E-state index contributed by atoms with van der Waals surface area (Å²) >= 11 is 0. The van der Waals surface area contributed by atoms with E-state index in [4.69, 9.17) is 24.4 Å². The highest BCUT2D eigenvalue weighted by molar-refractivity contribution is 6.18. The maximum atomic E-state index is 6.69. The molecular weight excluding hydrogens is 564 g/mol. The molecule has 46 heavy (non-hydrogen) atoms. The summed E-state index contributed by atoms with van der Waals surface area (Å²) in [6, 6.07) is 45.5. The molecule has 1 aliphatic carbocycles. The Labute approximate surface area is 266 Å². The van der Waals surface area contributed by atoms with Crippen LogP contribution in [0, 0.1) is 0 Å². The molecule has 6 aromatic carbocycles. The summed E-state index contributed by atoms with van der Waals surface area (Å²) in [5, 5.41) is 2.04. The van der Waals surface area contributed by atoms with Gasteiger partial charge >= 0.3 is 0 Å². The zero-order valence-electron chi connectivity index (χ0n) is 25.4. The molecule has 2 aromatic heterocycles. The Morgan fingerprint density at radius 1 is 0.500 bits per heavy atom. The maximum Gasteiger partial charge on any atom is 0.227 e. The van der Waals surface area contributed by atoms with Crippen molar-refractivity contribution in [2.45, 2.75) is 19.3 Å². The maximum absolute atomic E-state index is 6.69. The van der Waals surface area contributed by atoms with E-state index in [2.05, 4.69) is 50.2 Å². The second-order valence-electron chi connectivity index (χ2n) is 12.3. The van der Waals surface area contributed by atoms with Gasteiger partial charge in [-0.3, -0.25) is 0 Å². The van der Waals surface area contributed by atoms with Crippen molar-refractivity contribution in [1.82, 2.24) is 19.9 Å². The summed E-state index contributed by atoms with van der Waals surface area (Å²) in [6.07, 6.45) is 0. The molecule has 0 unspecified atom stereocenters. The molecule has 0 N–H and O–H groups in total. The third-order valence-electron chi connectivity index (χ3n) is 9.16. The van der Waals surface area contributed by atoms with Crippen molar-refractivity contribution in [3.63, 3.8) is 0 Å². The first-order valence-corrected chi connectivity index (χ1v) is 15.5. The van der Waals surface area contributed by atoms with Crippen LogP contribution in [0.3, 0.4) is 0 Å². The van der Waals surface area contributed by atoms with Crippen molar-refractivity contribution in [3.05, 3.63) is 145 Å². The predicted octanol–water partition coefficient (Wildman–Crippen LogP) is 10.1. The Hall–Kier alpha value is -5.94. The fraction of sp³-hybridized carbons (Fsp3) is 0.0732. The topological polar surface area (TPSA) is 64.7 Å². The zero-order chi connectivity index (χ0) is 30.8. The van der Waals surface area contributed by atoms with Crippen molar-refractivity contribution in [2.75, 3.05) is 0 Å². The second kappa shape index (κ2) is 10.0. The molecule has 0 saturated carbocycles. The lowest BCUT2D eigenvalue weighted by atomic mass is 9.81. The van der Waals surface area contributed by atoms with Crippen LogP contribution in [0.15, 0.2) is 138 Å². The van der Waals surface area contributed by atoms with E-state index in [9.17, 15) is 0 Å².